The molecule has 0 aliphatic heterocycles. The largest absolute Gasteiger partial charge is 2.00 e. The monoisotopic (exact) mass is 374 g/mol. The van der Waals surface area contributed by atoms with E-state index >= 15 is 0 Å². The first-order valence-electron chi connectivity index (χ1n) is 9.85. The minimum atomic E-state index is 0. The molecule has 0 amide bonds. The van der Waals surface area contributed by atoms with Crippen LogP contribution in [0.25, 0.3) is 0 Å². The quantitative estimate of drug-likeness (QED) is 0.351. The second kappa shape index (κ2) is 14.8. The molecule has 0 radical (unpaired) electrons. The molecule has 4 unspecified atom stereocenters. The second-order valence-electron chi connectivity index (χ2n) is 8.91. The van der Waals surface area contributed by atoms with Crippen molar-refractivity contribution >= 4 is 20.1 Å². The molecule has 2 saturated carbocycles. The third kappa shape index (κ3) is 10.0. The van der Waals surface area contributed by atoms with E-state index in [1.807, 2.05) is 0 Å². The molecule has 142 valence electrons. The van der Waals surface area contributed by atoms with Gasteiger partial charge < -0.3 is 14.9 Å². The van der Waals surface area contributed by atoms with Crippen LogP contribution in [0.1, 0.15) is 51.9 Å². The van der Waals surface area contributed by atoms with Gasteiger partial charge in [0.1, 0.15) is 20.1 Å². The smallest absolute Gasteiger partial charge is 0.358 e. The van der Waals surface area contributed by atoms with Crippen molar-refractivity contribution in [2.45, 2.75) is 110 Å². The maximum atomic E-state index is 2.37. The van der Waals surface area contributed by atoms with E-state index in [0.29, 0.717) is 0 Å². The average Bonchev–Trinajstić information content (AvgIpc) is 3.08. The third-order valence-corrected chi connectivity index (χ3v) is 6.50. The van der Waals surface area contributed by atoms with E-state index in [1.165, 1.54) is 44.9 Å². The summed E-state index contributed by atoms with van der Waals surface area (Å²) in [5, 5.41) is 0. The SMILES string of the molecule is CB(C)C1CCC(B(C)C)C1.CCC1CCC(B(C)C)C1.[CH3-].[CH3-].[Fe+2]. The summed E-state index contributed by atoms with van der Waals surface area (Å²) >= 11 is 0. The van der Waals surface area contributed by atoms with Gasteiger partial charge in [0.25, 0.3) is 0 Å². The van der Waals surface area contributed by atoms with Gasteiger partial charge in [-0.3, -0.25) is 0 Å². The minimum absolute atomic E-state index is 0. The topological polar surface area (TPSA) is 0 Å². The van der Waals surface area contributed by atoms with Gasteiger partial charge in [-0.15, -0.1) is 0 Å². The Labute approximate surface area is 168 Å². The van der Waals surface area contributed by atoms with Gasteiger partial charge in [-0.05, 0) is 5.92 Å². The Balaban J connectivity index is -0.000000328. The maximum absolute atomic E-state index is 2.37. The molecule has 2 rings (SSSR count). The normalized spacial score (nSPS) is 27.6. The zero-order valence-corrected chi connectivity index (χ0v) is 19.4. The summed E-state index contributed by atoms with van der Waals surface area (Å²) in [7, 11) is 0. The molecule has 2 fully saturated rings. The van der Waals surface area contributed by atoms with Crippen LogP contribution in [0.4, 0.5) is 0 Å². The van der Waals surface area contributed by atoms with Gasteiger partial charge in [-0.25, -0.2) is 0 Å². The van der Waals surface area contributed by atoms with Crippen molar-refractivity contribution in [3.63, 3.8) is 0 Å². The van der Waals surface area contributed by atoms with Crippen molar-refractivity contribution in [2.24, 2.45) is 5.92 Å². The molecule has 0 nitrogen and oxygen atoms in total. The molecule has 0 aromatic rings. The van der Waals surface area contributed by atoms with E-state index in [0.717, 1.165) is 43.5 Å². The molecule has 0 saturated heterocycles. The number of hydrogen-bond acceptors (Lipinski definition) is 0. The molecular formula is C20H45B3Fe. The summed E-state index contributed by atoms with van der Waals surface area (Å²) in [6.45, 7) is 19.3. The van der Waals surface area contributed by atoms with Crippen LogP contribution in [0.5, 0.6) is 0 Å². The maximum Gasteiger partial charge on any atom is 2.00 e. The van der Waals surface area contributed by atoms with Crippen LogP contribution in [-0.2, 0) is 17.1 Å². The Kier molecular flexibility index (Phi) is 18.2. The molecule has 2 aliphatic carbocycles. The standard InChI is InChI=1S/C9H20B2.C9H19B.2CH3.Fe/c1-10(2)8-5-6-9(7-8)11(3)4;1-4-8-5-6-9(7-8)10(2)3;;;/h8-9H,5-7H2,1-4H3;8-9H,4-7H2,1-3H3;2*1H3;/q;;2*-1;+2. The summed E-state index contributed by atoms with van der Waals surface area (Å²) in [6.07, 6.45) is 10.4. The minimum Gasteiger partial charge on any atom is -0.358 e. The Bertz CT molecular complexity index is 268. The van der Waals surface area contributed by atoms with Crippen molar-refractivity contribution < 1.29 is 17.1 Å². The predicted octanol–water partition coefficient (Wildman–Crippen LogP) is 7.64. The first-order valence-corrected chi connectivity index (χ1v) is 9.85. The summed E-state index contributed by atoms with van der Waals surface area (Å²) in [5.41, 5.74) is 0. The molecule has 0 aromatic carbocycles. The van der Waals surface area contributed by atoms with Crippen molar-refractivity contribution in [1.82, 2.24) is 0 Å². The van der Waals surface area contributed by atoms with E-state index in [1.54, 1.807) is 0 Å². The molecule has 0 heterocycles. The first-order chi connectivity index (χ1) is 9.85. The fourth-order valence-corrected chi connectivity index (χ4v) is 4.35. The van der Waals surface area contributed by atoms with Crippen LogP contribution in [0.15, 0.2) is 0 Å². The molecule has 4 atom stereocenters. The van der Waals surface area contributed by atoms with E-state index in [2.05, 4.69) is 47.9 Å². The molecule has 2 aliphatic rings. The summed E-state index contributed by atoms with van der Waals surface area (Å²) in [6, 6.07) is 0. The summed E-state index contributed by atoms with van der Waals surface area (Å²) < 4.78 is 0. The van der Waals surface area contributed by atoms with Crippen LogP contribution in [-0.4, -0.2) is 20.1 Å². The average molecular weight is 374 g/mol. The van der Waals surface area contributed by atoms with Crippen molar-refractivity contribution in [2.75, 3.05) is 0 Å². The zero-order chi connectivity index (χ0) is 16.0. The molecule has 0 bridgehead atoms. The number of rotatable bonds is 4. The summed E-state index contributed by atoms with van der Waals surface area (Å²) in [5.74, 6) is 4.17. The molecule has 0 aromatic heterocycles. The van der Waals surface area contributed by atoms with Gasteiger partial charge in [-0.2, -0.15) is 0 Å². The Morgan fingerprint density at radius 2 is 0.958 bits per heavy atom. The van der Waals surface area contributed by atoms with Crippen LogP contribution < -0.4 is 0 Å². The van der Waals surface area contributed by atoms with Gasteiger partial charge in [0, 0.05) is 0 Å². The van der Waals surface area contributed by atoms with Gasteiger partial charge in [0.2, 0.25) is 0 Å². The van der Waals surface area contributed by atoms with Gasteiger partial charge >= 0.3 is 17.1 Å². The Hall–Kier alpha value is 0.714. The van der Waals surface area contributed by atoms with Crippen LogP contribution >= 0.6 is 0 Å². The van der Waals surface area contributed by atoms with E-state index in [4.69, 9.17) is 0 Å². The molecule has 24 heavy (non-hydrogen) atoms. The van der Waals surface area contributed by atoms with Crippen molar-refractivity contribution in [3.05, 3.63) is 14.9 Å². The van der Waals surface area contributed by atoms with E-state index < -0.39 is 0 Å². The molecular weight excluding hydrogens is 329 g/mol. The molecule has 4 heteroatoms. The van der Waals surface area contributed by atoms with Crippen LogP contribution in [0.3, 0.4) is 0 Å². The van der Waals surface area contributed by atoms with Gasteiger partial charge in [0.15, 0.2) is 0 Å². The predicted molar refractivity (Wildman–Crippen MR) is 118 cm³/mol. The fourth-order valence-electron chi connectivity index (χ4n) is 4.35. The van der Waals surface area contributed by atoms with Crippen LogP contribution in [0, 0.1) is 20.8 Å². The van der Waals surface area contributed by atoms with Gasteiger partial charge in [0.05, 0.1) is 0 Å². The second-order valence-corrected chi connectivity index (χ2v) is 8.91. The number of hydrogen-bond donors (Lipinski definition) is 0. The fraction of sp³-hybridized carbons (Fsp3) is 0.900. The van der Waals surface area contributed by atoms with Crippen LogP contribution in [0.2, 0.25) is 58.4 Å². The van der Waals surface area contributed by atoms with Crippen molar-refractivity contribution in [3.8, 4) is 0 Å². The Morgan fingerprint density at radius 3 is 1.17 bits per heavy atom. The van der Waals surface area contributed by atoms with Gasteiger partial charge in [-0.1, -0.05) is 110 Å². The van der Waals surface area contributed by atoms with Crippen molar-refractivity contribution in [1.29, 1.82) is 0 Å². The Morgan fingerprint density at radius 1 is 0.625 bits per heavy atom. The zero-order valence-electron chi connectivity index (χ0n) is 18.3. The first kappa shape index (κ1) is 29.5. The summed E-state index contributed by atoms with van der Waals surface area (Å²) in [4.78, 5) is 0. The van der Waals surface area contributed by atoms with E-state index in [9.17, 15) is 0 Å². The molecule has 0 N–H and O–H groups in total. The molecule has 0 spiro atoms. The third-order valence-electron chi connectivity index (χ3n) is 6.50. The van der Waals surface area contributed by atoms with E-state index in [-0.39, 0.29) is 31.9 Å².